The van der Waals surface area contributed by atoms with Crippen LogP contribution in [-0.2, 0) is 13.1 Å². The second kappa shape index (κ2) is 9.25. The van der Waals surface area contributed by atoms with Crippen LogP contribution in [0.5, 0.6) is 23.0 Å². The summed E-state index contributed by atoms with van der Waals surface area (Å²) in [5.74, 6) is 2.65. The number of nitrogens with one attached hydrogen (secondary N) is 2. The lowest BCUT2D eigenvalue weighted by Gasteiger charge is -2.26. The van der Waals surface area contributed by atoms with Gasteiger partial charge in [0.1, 0.15) is 0 Å². The van der Waals surface area contributed by atoms with Gasteiger partial charge in [0.15, 0.2) is 28.1 Å². The van der Waals surface area contributed by atoms with Gasteiger partial charge in [-0.15, -0.1) is 0 Å². The zero-order valence-electron chi connectivity index (χ0n) is 18.9. The van der Waals surface area contributed by atoms with E-state index in [2.05, 4.69) is 10.3 Å². The van der Waals surface area contributed by atoms with Crippen molar-refractivity contribution in [3.8, 4) is 23.0 Å². The van der Waals surface area contributed by atoms with Crippen LogP contribution in [0.2, 0.25) is 5.02 Å². The van der Waals surface area contributed by atoms with Crippen LogP contribution >= 0.6 is 23.8 Å². The molecule has 8 nitrogen and oxygen atoms in total. The summed E-state index contributed by atoms with van der Waals surface area (Å²) in [6.07, 6.45) is 0. The fourth-order valence-corrected chi connectivity index (χ4v) is 4.63. The van der Waals surface area contributed by atoms with Gasteiger partial charge in [0.25, 0.3) is 5.56 Å². The normalized spacial score (nSPS) is 13.1. The van der Waals surface area contributed by atoms with Crippen LogP contribution in [0.4, 0.5) is 5.69 Å². The molecule has 0 saturated carbocycles. The number of hydrogen-bond donors (Lipinski definition) is 2. The number of ether oxygens (including phenoxy) is 4. The van der Waals surface area contributed by atoms with Gasteiger partial charge in [0.05, 0.1) is 12.1 Å². The SMILES string of the molecule is O=c1[nH]c2cc3c(cc2cc1CN(Cc1ccc2c(c1)OCO2)C(=S)Nc1cccc(Cl)c1)OCO3. The number of aromatic nitrogens is 1. The Morgan fingerprint density at radius 3 is 2.47 bits per heavy atom. The van der Waals surface area contributed by atoms with E-state index in [1.54, 1.807) is 18.2 Å². The van der Waals surface area contributed by atoms with E-state index in [1.165, 1.54) is 0 Å². The molecule has 3 heterocycles. The van der Waals surface area contributed by atoms with Gasteiger partial charge in [-0.05, 0) is 60.2 Å². The Bertz CT molecular complexity index is 1560. The van der Waals surface area contributed by atoms with E-state index in [-0.39, 0.29) is 25.7 Å². The topological polar surface area (TPSA) is 85.1 Å². The standard InChI is InChI=1S/C26H20ClN3O5S/c27-18-2-1-3-19(9-18)28-26(36)30(11-15-4-5-21-22(6-15)33-13-32-21)12-17-7-16-8-23-24(35-14-34-23)10-20(16)29-25(17)31/h1-10H,11-14H2,(H,28,36)(H,29,31). The predicted octanol–water partition coefficient (Wildman–Crippen LogP) is 5.04. The number of nitrogens with zero attached hydrogens (tertiary/aromatic N) is 1. The number of halogens is 1. The van der Waals surface area contributed by atoms with Crippen LogP contribution in [0.15, 0.2) is 65.5 Å². The van der Waals surface area contributed by atoms with Crippen molar-refractivity contribution in [3.63, 3.8) is 0 Å². The molecule has 2 aliphatic heterocycles. The lowest BCUT2D eigenvalue weighted by molar-refractivity contribution is 0.173. The second-order valence-corrected chi connectivity index (χ2v) is 9.22. The summed E-state index contributed by atoms with van der Waals surface area (Å²) >= 11 is 11.9. The summed E-state index contributed by atoms with van der Waals surface area (Å²) in [7, 11) is 0. The largest absolute Gasteiger partial charge is 0.454 e. The molecule has 0 fully saturated rings. The predicted molar refractivity (Wildman–Crippen MR) is 140 cm³/mol. The maximum absolute atomic E-state index is 13.0. The number of fused-ring (bicyclic) bond motifs is 3. The fraction of sp³-hybridized carbons (Fsp3) is 0.154. The van der Waals surface area contributed by atoms with Crippen molar-refractivity contribution < 1.29 is 18.9 Å². The zero-order valence-corrected chi connectivity index (χ0v) is 20.4. The monoisotopic (exact) mass is 521 g/mol. The summed E-state index contributed by atoms with van der Waals surface area (Å²) in [6, 6.07) is 18.5. The summed E-state index contributed by atoms with van der Waals surface area (Å²) in [6.45, 7) is 1.06. The van der Waals surface area contributed by atoms with Gasteiger partial charge in [0.2, 0.25) is 13.6 Å². The van der Waals surface area contributed by atoms with E-state index in [4.69, 9.17) is 42.8 Å². The van der Waals surface area contributed by atoms with Gasteiger partial charge in [-0.2, -0.15) is 0 Å². The highest BCUT2D eigenvalue weighted by molar-refractivity contribution is 7.80. The van der Waals surface area contributed by atoms with Crippen LogP contribution in [-0.4, -0.2) is 28.6 Å². The van der Waals surface area contributed by atoms with Crippen LogP contribution in [0, 0.1) is 0 Å². The maximum Gasteiger partial charge on any atom is 0.253 e. The van der Waals surface area contributed by atoms with E-state index in [0.717, 1.165) is 16.6 Å². The first-order valence-corrected chi connectivity index (χ1v) is 12.0. The molecule has 6 rings (SSSR count). The molecule has 0 atom stereocenters. The maximum atomic E-state index is 13.0. The van der Waals surface area contributed by atoms with Crippen LogP contribution in [0.25, 0.3) is 10.9 Å². The molecule has 10 heteroatoms. The lowest BCUT2D eigenvalue weighted by Crippen LogP contribution is -2.35. The first-order chi connectivity index (χ1) is 17.5. The van der Waals surface area contributed by atoms with Crippen molar-refractivity contribution >= 4 is 45.5 Å². The van der Waals surface area contributed by atoms with Crippen LogP contribution < -0.4 is 29.8 Å². The van der Waals surface area contributed by atoms with Gasteiger partial charge in [-0.3, -0.25) is 4.79 Å². The molecule has 0 amide bonds. The Labute approximate surface area is 216 Å². The fourth-order valence-electron chi connectivity index (χ4n) is 4.19. The number of pyridine rings is 1. The minimum Gasteiger partial charge on any atom is -0.454 e. The average molecular weight is 522 g/mol. The zero-order chi connectivity index (χ0) is 24.6. The minimum absolute atomic E-state index is 0.162. The van der Waals surface area contributed by atoms with Gasteiger partial charge in [-0.25, -0.2) is 0 Å². The number of H-pyrrole nitrogens is 1. The van der Waals surface area contributed by atoms with E-state index < -0.39 is 0 Å². The Balaban J connectivity index is 1.32. The molecule has 36 heavy (non-hydrogen) atoms. The van der Waals surface area contributed by atoms with E-state index >= 15 is 0 Å². The number of hydrogen-bond acceptors (Lipinski definition) is 6. The van der Waals surface area contributed by atoms with Crippen LogP contribution in [0.3, 0.4) is 0 Å². The molecule has 182 valence electrons. The molecule has 2 N–H and O–H groups in total. The molecule has 0 bridgehead atoms. The van der Waals surface area contributed by atoms with E-state index in [9.17, 15) is 4.79 Å². The summed E-state index contributed by atoms with van der Waals surface area (Å²) < 4.78 is 21.9. The third-order valence-electron chi connectivity index (χ3n) is 5.95. The second-order valence-electron chi connectivity index (χ2n) is 8.40. The van der Waals surface area contributed by atoms with Gasteiger partial charge >= 0.3 is 0 Å². The molecular weight excluding hydrogens is 502 g/mol. The van der Waals surface area contributed by atoms with Crippen molar-refractivity contribution in [2.45, 2.75) is 13.1 Å². The van der Waals surface area contributed by atoms with Crippen molar-refractivity contribution in [1.29, 1.82) is 0 Å². The number of benzene rings is 3. The van der Waals surface area contributed by atoms with Crippen molar-refractivity contribution in [3.05, 3.63) is 87.2 Å². The van der Waals surface area contributed by atoms with Crippen molar-refractivity contribution in [2.75, 3.05) is 18.9 Å². The molecule has 1 aromatic heterocycles. The molecular formula is C26H20ClN3O5S. The third-order valence-corrected chi connectivity index (χ3v) is 6.54. The smallest absolute Gasteiger partial charge is 0.253 e. The summed E-state index contributed by atoms with van der Waals surface area (Å²) in [4.78, 5) is 17.9. The van der Waals surface area contributed by atoms with Gasteiger partial charge in [-0.1, -0.05) is 23.7 Å². The molecule has 0 radical (unpaired) electrons. The van der Waals surface area contributed by atoms with E-state index in [0.29, 0.717) is 50.8 Å². The van der Waals surface area contributed by atoms with Crippen molar-refractivity contribution in [2.24, 2.45) is 0 Å². The highest BCUT2D eigenvalue weighted by Crippen LogP contribution is 2.35. The molecule has 0 unspecified atom stereocenters. The Kier molecular flexibility index (Phi) is 5.79. The third kappa shape index (κ3) is 4.50. The quantitative estimate of drug-likeness (QED) is 0.353. The minimum atomic E-state index is -0.206. The molecule has 4 aromatic rings. The summed E-state index contributed by atoms with van der Waals surface area (Å²) in [5.41, 5.74) is 2.73. The average Bonchev–Trinajstić information content (AvgIpc) is 3.51. The number of rotatable bonds is 5. The van der Waals surface area contributed by atoms with Crippen LogP contribution in [0.1, 0.15) is 11.1 Å². The van der Waals surface area contributed by atoms with Gasteiger partial charge < -0.3 is 34.1 Å². The highest BCUT2D eigenvalue weighted by Gasteiger charge is 2.19. The van der Waals surface area contributed by atoms with E-state index in [1.807, 2.05) is 47.4 Å². The van der Waals surface area contributed by atoms with Crippen molar-refractivity contribution in [1.82, 2.24) is 9.88 Å². The molecule has 0 spiro atoms. The lowest BCUT2D eigenvalue weighted by atomic mass is 10.1. The summed E-state index contributed by atoms with van der Waals surface area (Å²) in [5, 5.41) is 5.11. The number of anilines is 1. The van der Waals surface area contributed by atoms with Gasteiger partial charge in [0, 0.05) is 34.3 Å². The molecule has 0 aliphatic carbocycles. The molecule has 3 aromatic carbocycles. The molecule has 0 saturated heterocycles. The Morgan fingerprint density at radius 2 is 1.67 bits per heavy atom. The number of thiocarbonyl (C=S) groups is 1. The Hall–Kier alpha value is -3.95. The first-order valence-electron chi connectivity index (χ1n) is 11.2. The number of aromatic amines is 1. The first kappa shape index (κ1) is 22.5. The highest BCUT2D eigenvalue weighted by atomic mass is 35.5. The Morgan fingerprint density at radius 1 is 0.917 bits per heavy atom. The molecule has 2 aliphatic rings.